The van der Waals surface area contributed by atoms with E-state index < -0.39 is 10.8 Å². The van der Waals surface area contributed by atoms with Crippen LogP contribution in [0.2, 0.25) is 0 Å². The van der Waals surface area contributed by atoms with Crippen molar-refractivity contribution in [3.8, 4) is 0 Å². The molecule has 0 aromatic heterocycles. The molecule has 1 heterocycles. The summed E-state index contributed by atoms with van der Waals surface area (Å²) in [4.78, 5) is 3.02. The Morgan fingerprint density at radius 1 is 1.50 bits per heavy atom. The second-order valence-corrected chi connectivity index (χ2v) is 4.53. The fraction of sp³-hybridized carbons (Fsp3) is 0.333. The van der Waals surface area contributed by atoms with Crippen molar-refractivity contribution < 1.29 is 4.21 Å². The summed E-state index contributed by atoms with van der Waals surface area (Å²) < 4.78 is 11.5. The zero-order chi connectivity index (χ0) is 8.72. The second-order valence-electron chi connectivity index (χ2n) is 3.14. The van der Waals surface area contributed by atoms with Crippen molar-refractivity contribution in [3.63, 3.8) is 0 Å². The molecule has 1 unspecified atom stereocenters. The third kappa shape index (κ3) is 1.05. The minimum atomic E-state index is -0.812. The molecule has 0 aliphatic carbocycles. The van der Waals surface area contributed by atoms with Gasteiger partial charge in [0.1, 0.15) is 0 Å². The van der Waals surface area contributed by atoms with Gasteiger partial charge in [-0.2, -0.15) is 0 Å². The maximum absolute atomic E-state index is 11.5. The summed E-state index contributed by atoms with van der Waals surface area (Å²) in [5.41, 5.74) is 2.29. The topological polar surface area (TPSA) is 20.3 Å². The van der Waals surface area contributed by atoms with E-state index in [1.165, 1.54) is 5.56 Å². The quantitative estimate of drug-likeness (QED) is 0.604. The standard InChI is InChI=1S/C9H11NOS/c1-7-3-4-8-9(5-7)12(11)6-10(8)2/h3-5H,6H2,1-2H3. The molecule has 2 rings (SSSR count). The summed E-state index contributed by atoms with van der Waals surface area (Å²) in [5.74, 6) is 0.638. The Morgan fingerprint density at radius 2 is 2.25 bits per heavy atom. The van der Waals surface area contributed by atoms with E-state index >= 15 is 0 Å². The van der Waals surface area contributed by atoms with E-state index in [1.807, 2.05) is 31.0 Å². The molecule has 3 heteroatoms. The SMILES string of the molecule is Cc1ccc2c(c1)S(=O)CN2C. The van der Waals surface area contributed by atoms with Crippen molar-refractivity contribution in [2.24, 2.45) is 0 Å². The van der Waals surface area contributed by atoms with Gasteiger partial charge in [-0.25, -0.2) is 0 Å². The molecule has 1 aromatic carbocycles. The molecule has 64 valence electrons. The zero-order valence-electron chi connectivity index (χ0n) is 7.20. The van der Waals surface area contributed by atoms with Gasteiger partial charge >= 0.3 is 0 Å². The van der Waals surface area contributed by atoms with Gasteiger partial charge < -0.3 is 4.90 Å². The molecule has 0 N–H and O–H groups in total. The van der Waals surface area contributed by atoms with Gasteiger partial charge in [0.25, 0.3) is 0 Å². The maximum atomic E-state index is 11.5. The Labute approximate surface area is 74.7 Å². The smallest absolute Gasteiger partial charge is 0.0982 e. The summed E-state index contributed by atoms with van der Waals surface area (Å²) >= 11 is 0. The Balaban J connectivity index is 2.60. The van der Waals surface area contributed by atoms with Gasteiger partial charge in [-0.05, 0) is 24.6 Å². The number of anilines is 1. The molecule has 12 heavy (non-hydrogen) atoms. The summed E-state index contributed by atoms with van der Waals surface area (Å²) in [6, 6.07) is 6.10. The fourth-order valence-corrected chi connectivity index (χ4v) is 2.84. The van der Waals surface area contributed by atoms with E-state index in [4.69, 9.17) is 0 Å². The van der Waals surface area contributed by atoms with Gasteiger partial charge in [0.15, 0.2) is 0 Å². The highest BCUT2D eigenvalue weighted by atomic mass is 32.2. The lowest BCUT2D eigenvalue weighted by Crippen LogP contribution is -2.13. The van der Waals surface area contributed by atoms with Crippen LogP contribution in [0, 0.1) is 6.92 Å². The minimum absolute atomic E-state index is 0.638. The number of hydrogen-bond donors (Lipinski definition) is 0. The number of hydrogen-bond acceptors (Lipinski definition) is 2. The monoisotopic (exact) mass is 181 g/mol. The molecular weight excluding hydrogens is 170 g/mol. The first-order valence-corrected chi connectivity index (χ1v) is 5.20. The fourth-order valence-electron chi connectivity index (χ4n) is 1.43. The van der Waals surface area contributed by atoms with Gasteiger partial charge in [-0.15, -0.1) is 0 Å². The predicted molar refractivity (Wildman–Crippen MR) is 50.9 cm³/mol. The highest BCUT2D eigenvalue weighted by Gasteiger charge is 2.21. The number of nitrogens with zero attached hydrogens (tertiary/aromatic N) is 1. The van der Waals surface area contributed by atoms with Crippen LogP contribution in [0.4, 0.5) is 5.69 Å². The first kappa shape index (κ1) is 7.80. The van der Waals surface area contributed by atoms with Crippen molar-refractivity contribution in [1.29, 1.82) is 0 Å². The van der Waals surface area contributed by atoms with Crippen LogP contribution < -0.4 is 4.90 Å². The number of rotatable bonds is 0. The third-order valence-corrected chi connectivity index (χ3v) is 3.52. The van der Waals surface area contributed by atoms with E-state index in [2.05, 4.69) is 6.07 Å². The Kier molecular flexibility index (Phi) is 1.68. The summed E-state index contributed by atoms with van der Waals surface area (Å²) in [5, 5.41) is 0. The van der Waals surface area contributed by atoms with Crippen molar-refractivity contribution in [1.82, 2.24) is 0 Å². The molecule has 1 aromatic rings. The third-order valence-electron chi connectivity index (χ3n) is 2.08. The Morgan fingerprint density at radius 3 is 3.00 bits per heavy atom. The average Bonchev–Trinajstić information content (AvgIpc) is 2.28. The molecule has 1 atom stereocenters. The van der Waals surface area contributed by atoms with E-state index in [-0.39, 0.29) is 0 Å². The Bertz CT molecular complexity index is 348. The number of fused-ring (bicyclic) bond motifs is 1. The van der Waals surface area contributed by atoms with Crippen LogP contribution in [0.3, 0.4) is 0 Å². The van der Waals surface area contributed by atoms with Crippen molar-refractivity contribution in [2.45, 2.75) is 11.8 Å². The van der Waals surface area contributed by atoms with Crippen LogP contribution in [0.5, 0.6) is 0 Å². The van der Waals surface area contributed by atoms with E-state index in [0.717, 1.165) is 10.6 Å². The van der Waals surface area contributed by atoms with Crippen LogP contribution in [-0.2, 0) is 10.8 Å². The molecule has 0 bridgehead atoms. The molecule has 1 aliphatic heterocycles. The van der Waals surface area contributed by atoms with E-state index in [1.54, 1.807) is 0 Å². The van der Waals surface area contributed by atoms with Crippen LogP contribution in [-0.4, -0.2) is 17.1 Å². The van der Waals surface area contributed by atoms with Gasteiger partial charge in [-0.1, -0.05) is 6.07 Å². The molecule has 0 spiro atoms. The molecule has 0 saturated carbocycles. The Hall–Kier alpha value is -0.830. The summed E-state index contributed by atoms with van der Waals surface area (Å²) in [6.45, 7) is 2.02. The number of benzene rings is 1. The van der Waals surface area contributed by atoms with Crippen LogP contribution in [0.25, 0.3) is 0 Å². The lowest BCUT2D eigenvalue weighted by Gasteiger charge is -2.09. The predicted octanol–water partition coefficient (Wildman–Crippen LogP) is 1.51. The molecule has 2 nitrogen and oxygen atoms in total. The lowest BCUT2D eigenvalue weighted by molar-refractivity contribution is 0.685. The van der Waals surface area contributed by atoms with Crippen molar-refractivity contribution >= 4 is 16.5 Å². The van der Waals surface area contributed by atoms with Crippen molar-refractivity contribution in [3.05, 3.63) is 23.8 Å². The van der Waals surface area contributed by atoms with Crippen molar-refractivity contribution in [2.75, 3.05) is 17.8 Å². The number of aryl methyl sites for hydroxylation is 1. The largest absolute Gasteiger partial charge is 0.361 e. The minimum Gasteiger partial charge on any atom is -0.361 e. The van der Waals surface area contributed by atoms with E-state index in [0.29, 0.717) is 5.88 Å². The van der Waals surface area contributed by atoms with Crippen LogP contribution in [0.15, 0.2) is 23.1 Å². The van der Waals surface area contributed by atoms with Crippen LogP contribution >= 0.6 is 0 Å². The van der Waals surface area contributed by atoms with Gasteiger partial charge in [-0.3, -0.25) is 4.21 Å². The second kappa shape index (κ2) is 2.59. The van der Waals surface area contributed by atoms with Gasteiger partial charge in [0, 0.05) is 7.05 Å². The highest BCUT2D eigenvalue weighted by Crippen LogP contribution is 2.30. The molecule has 0 fully saturated rings. The van der Waals surface area contributed by atoms with E-state index in [9.17, 15) is 4.21 Å². The molecule has 0 saturated heterocycles. The van der Waals surface area contributed by atoms with Crippen LogP contribution in [0.1, 0.15) is 5.56 Å². The molecule has 0 radical (unpaired) electrons. The molecule has 1 aliphatic rings. The first-order chi connectivity index (χ1) is 5.68. The first-order valence-electron chi connectivity index (χ1n) is 3.88. The summed E-state index contributed by atoms with van der Waals surface area (Å²) in [6.07, 6.45) is 0. The van der Waals surface area contributed by atoms with Gasteiger partial charge in [0.2, 0.25) is 0 Å². The maximum Gasteiger partial charge on any atom is 0.0982 e. The highest BCUT2D eigenvalue weighted by molar-refractivity contribution is 7.85. The average molecular weight is 181 g/mol. The molecule has 0 amide bonds. The summed E-state index contributed by atoms with van der Waals surface area (Å²) in [7, 11) is 1.16. The normalized spacial score (nSPS) is 21.2. The zero-order valence-corrected chi connectivity index (χ0v) is 8.02. The lowest BCUT2D eigenvalue weighted by atomic mass is 10.2. The van der Waals surface area contributed by atoms with Gasteiger partial charge in [0.05, 0.1) is 27.3 Å². The molecular formula is C9H11NOS.